The van der Waals surface area contributed by atoms with E-state index in [0.717, 1.165) is 17.7 Å². The normalized spacial score (nSPS) is 14.5. The Bertz CT molecular complexity index is 1200. The molecule has 182 valence electrons. The summed E-state index contributed by atoms with van der Waals surface area (Å²) in [6, 6.07) is 14.5. The number of rotatable bonds is 5. The second kappa shape index (κ2) is 10.2. The van der Waals surface area contributed by atoms with Crippen molar-refractivity contribution >= 4 is 17.6 Å². The van der Waals surface area contributed by atoms with Gasteiger partial charge in [0.25, 0.3) is 5.91 Å². The molecule has 4 rings (SSSR count). The Kier molecular flexibility index (Phi) is 7.04. The van der Waals surface area contributed by atoms with Gasteiger partial charge in [-0.25, -0.2) is 4.98 Å². The minimum absolute atomic E-state index is 0.0271. The molecule has 0 unspecified atom stereocenters. The van der Waals surface area contributed by atoms with Crippen LogP contribution in [0.1, 0.15) is 34.3 Å². The first kappa shape index (κ1) is 24.3. The Morgan fingerprint density at radius 1 is 1.00 bits per heavy atom. The first-order valence-electron chi connectivity index (χ1n) is 11.2. The molecule has 0 aliphatic carbocycles. The fourth-order valence-corrected chi connectivity index (χ4v) is 3.86. The Morgan fingerprint density at radius 2 is 1.69 bits per heavy atom. The molecule has 2 heterocycles. The highest BCUT2D eigenvalue weighted by Crippen LogP contribution is 2.33. The van der Waals surface area contributed by atoms with Crippen LogP contribution in [0.15, 0.2) is 66.9 Å². The Balaban J connectivity index is 1.35. The molecule has 6 nitrogen and oxygen atoms in total. The van der Waals surface area contributed by atoms with E-state index in [-0.39, 0.29) is 29.2 Å². The summed E-state index contributed by atoms with van der Waals surface area (Å²) in [6.45, 7) is 2.74. The lowest BCUT2D eigenvalue weighted by molar-refractivity contribution is -0.137. The third kappa shape index (κ3) is 6.17. The van der Waals surface area contributed by atoms with Gasteiger partial charge in [0.15, 0.2) is 0 Å². The Morgan fingerprint density at radius 3 is 2.34 bits per heavy atom. The second-order valence-electron chi connectivity index (χ2n) is 8.43. The van der Waals surface area contributed by atoms with Gasteiger partial charge in [0.1, 0.15) is 17.3 Å². The summed E-state index contributed by atoms with van der Waals surface area (Å²) >= 11 is 0. The van der Waals surface area contributed by atoms with Crippen LogP contribution in [0.2, 0.25) is 0 Å². The number of aryl methyl sites for hydroxylation is 1. The number of carbonyl (C=O) groups is 2. The molecule has 0 spiro atoms. The number of halogens is 3. The van der Waals surface area contributed by atoms with Crippen molar-refractivity contribution in [3.05, 3.63) is 83.6 Å². The average Bonchev–Trinajstić information content (AvgIpc) is 2.85. The summed E-state index contributed by atoms with van der Waals surface area (Å²) in [4.78, 5) is 31.4. The van der Waals surface area contributed by atoms with Gasteiger partial charge in [-0.15, -0.1) is 0 Å². The second-order valence-corrected chi connectivity index (χ2v) is 8.43. The van der Waals surface area contributed by atoms with E-state index in [1.807, 2.05) is 13.0 Å². The summed E-state index contributed by atoms with van der Waals surface area (Å²) in [5.41, 5.74) is 0.549. The van der Waals surface area contributed by atoms with E-state index in [4.69, 9.17) is 4.74 Å². The number of anilines is 1. The van der Waals surface area contributed by atoms with Gasteiger partial charge in [-0.2, -0.15) is 13.2 Å². The lowest BCUT2D eigenvalue weighted by Gasteiger charge is -2.31. The van der Waals surface area contributed by atoms with E-state index in [1.54, 1.807) is 35.4 Å². The van der Waals surface area contributed by atoms with Crippen molar-refractivity contribution in [3.8, 4) is 11.5 Å². The van der Waals surface area contributed by atoms with Crippen LogP contribution in [-0.2, 0) is 11.0 Å². The Labute approximate surface area is 200 Å². The number of nitrogens with one attached hydrogen (secondary N) is 1. The van der Waals surface area contributed by atoms with E-state index in [0.29, 0.717) is 37.3 Å². The van der Waals surface area contributed by atoms with Crippen LogP contribution in [0, 0.1) is 12.8 Å². The van der Waals surface area contributed by atoms with Crippen LogP contribution >= 0.6 is 0 Å². The number of carbonyl (C=O) groups excluding carboxylic acids is 2. The summed E-state index contributed by atoms with van der Waals surface area (Å²) in [6.07, 6.45) is -1.76. The van der Waals surface area contributed by atoms with Crippen molar-refractivity contribution in [2.24, 2.45) is 5.92 Å². The molecule has 35 heavy (non-hydrogen) atoms. The average molecular weight is 483 g/mol. The van der Waals surface area contributed by atoms with E-state index in [9.17, 15) is 22.8 Å². The van der Waals surface area contributed by atoms with Crippen LogP contribution in [0.5, 0.6) is 11.5 Å². The zero-order valence-electron chi connectivity index (χ0n) is 19.0. The third-order valence-electron chi connectivity index (χ3n) is 5.79. The lowest BCUT2D eigenvalue weighted by Crippen LogP contribution is -2.41. The van der Waals surface area contributed by atoms with Crippen LogP contribution in [0.25, 0.3) is 0 Å². The van der Waals surface area contributed by atoms with Gasteiger partial charge in [0.05, 0.1) is 5.56 Å². The highest BCUT2D eigenvalue weighted by Gasteiger charge is 2.31. The minimum Gasteiger partial charge on any atom is -0.457 e. The maximum absolute atomic E-state index is 13.0. The molecule has 3 aromatic rings. The van der Waals surface area contributed by atoms with Gasteiger partial charge < -0.3 is 15.0 Å². The molecule has 0 radical (unpaired) electrons. The zero-order valence-corrected chi connectivity index (χ0v) is 19.0. The van der Waals surface area contributed by atoms with E-state index < -0.39 is 11.7 Å². The number of aromatic nitrogens is 1. The van der Waals surface area contributed by atoms with Crippen molar-refractivity contribution in [1.82, 2.24) is 9.88 Å². The molecule has 1 fully saturated rings. The molecule has 1 aliphatic rings. The highest BCUT2D eigenvalue weighted by atomic mass is 19.4. The standard InChI is InChI=1S/C26H24F3N3O3/c1-17-8-9-23(30-16-17)31-24(33)18-10-12-32(13-11-18)25(34)19-4-2-6-21(14-19)35-22-7-3-5-20(15-22)26(27,28)29/h2-9,14-16,18H,10-13H2,1H3,(H,30,31,33). The predicted molar refractivity (Wildman–Crippen MR) is 124 cm³/mol. The monoisotopic (exact) mass is 483 g/mol. The zero-order chi connectivity index (χ0) is 25.0. The maximum atomic E-state index is 13.0. The first-order chi connectivity index (χ1) is 16.7. The summed E-state index contributed by atoms with van der Waals surface area (Å²) in [5.74, 6) is 0.215. The topological polar surface area (TPSA) is 71.5 Å². The largest absolute Gasteiger partial charge is 0.457 e. The van der Waals surface area contributed by atoms with E-state index >= 15 is 0 Å². The maximum Gasteiger partial charge on any atom is 0.416 e. The Hall–Kier alpha value is -3.88. The third-order valence-corrected chi connectivity index (χ3v) is 5.79. The van der Waals surface area contributed by atoms with Crippen LogP contribution in [0.3, 0.4) is 0 Å². The van der Waals surface area contributed by atoms with Crippen molar-refractivity contribution in [1.29, 1.82) is 0 Å². The van der Waals surface area contributed by atoms with E-state index in [2.05, 4.69) is 10.3 Å². The fraction of sp³-hybridized carbons (Fsp3) is 0.269. The van der Waals surface area contributed by atoms with Crippen LogP contribution < -0.4 is 10.1 Å². The number of piperidine rings is 1. The number of pyridine rings is 1. The number of alkyl halides is 3. The number of benzene rings is 2. The van der Waals surface area contributed by atoms with Crippen molar-refractivity contribution in [2.45, 2.75) is 25.9 Å². The number of hydrogen-bond acceptors (Lipinski definition) is 4. The number of nitrogens with zero attached hydrogens (tertiary/aromatic N) is 2. The molecular formula is C26H24F3N3O3. The van der Waals surface area contributed by atoms with Gasteiger partial charge in [-0.1, -0.05) is 18.2 Å². The van der Waals surface area contributed by atoms with Gasteiger partial charge in [0.2, 0.25) is 5.91 Å². The molecule has 1 aliphatic heterocycles. The SMILES string of the molecule is Cc1ccc(NC(=O)C2CCN(C(=O)c3cccc(Oc4cccc(C(F)(F)F)c4)c3)CC2)nc1. The molecule has 2 aromatic carbocycles. The summed E-state index contributed by atoms with van der Waals surface area (Å²) in [5, 5.41) is 2.82. The summed E-state index contributed by atoms with van der Waals surface area (Å²) in [7, 11) is 0. The molecule has 0 saturated carbocycles. The van der Waals surface area contributed by atoms with E-state index in [1.165, 1.54) is 18.2 Å². The molecular weight excluding hydrogens is 459 g/mol. The smallest absolute Gasteiger partial charge is 0.416 e. The van der Waals surface area contributed by atoms with Gasteiger partial charge >= 0.3 is 6.18 Å². The molecule has 0 atom stereocenters. The van der Waals surface area contributed by atoms with Gasteiger partial charge in [-0.3, -0.25) is 9.59 Å². The molecule has 2 amide bonds. The van der Waals surface area contributed by atoms with Crippen LogP contribution in [-0.4, -0.2) is 34.8 Å². The molecule has 1 N–H and O–H groups in total. The quantitative estimate of drug-likeness (QED) is 0.506. The predicted octanol–water partition coefficient (Wildman–Crippen LogP) is 5.69. The number of hydrogen-bond donors (Lipinski definition) is 1. The number of amides is 2. The fourth-order valence-electron chi connectivity index (χ4n) is 3.86. The van der Waals surface area contributed by atoms with Crippen molar-refractivity contribution in [2.75, 3.05) is 18.4 Å². The van der Waals surface area contributed by atoms with Gasteiger partial charge in [-0.05, 0) is 67.8 Å². The molecule has 0 bridgehead atoms. The number of likely N-dealkylation sites (tertiary alicyclic amines) is 1. The molecule has 1 aromatic heterocycles. The molecule has 9 heteroatoms. The summed E-state index contributed by atoms with van der Waals surface area (Å²) < 4.78 is 44.4. The lowest BCUT2D eigenvalue weighted by atomic mass is 9.95. The van der Waals surface area contributed by atoms with Crippen molar-refractivity contribution < 1.29 is 27.5 Å². The molecule has 1 saturated heterocycles. The van der Waals surface area contributed by atoms with Crippen LogP contribution in [0.4, 0.5) is 19.0 Å². The van der Waals surface area contributed by atoms with Crippen molar-refractivity contribution in [3.63, 3.8) is 0 Å². The number of ether oxygens (including phenoxy) is 1. The highest BCUT2D eigenvalue weighted by molar-refractivity contribution is 5.95. The van der Waals surface area contributed by atoms with Gasteiger partial charge in [0, 0.05) is 30.8 Å². The minimum atomic E-state index is -4.48. The first-order valence-corrected chi connectivity index (χ1v) is 11.2.